The molecule has 2 aromatic carbocycles. The quantitative estimate of drug-likeness (QED) is 0.509. The topological polar surface area (TPSA) is 117 Å². The Morgan fingerprint density at radius 3 is 2.74 bits per heavy atom. The maximum absolute atomic E-state index is 12.8. The lowest BCUT2D eigenvalue weighted by Gasteiger charge is -2.29. The predicted molar refractivity (Wildman–Crippen MR) is 131 cm³/mol. The van der Waals surface area contributed by atoms with Gasteiger partial charge in [0.15, 0.2) is 6.61 Å². The van der Waals surface area contributed by atoms with Crippen LogP contribution in [0, 0.1) is 6.92 Å². The number of piperidine rings is 1. The summed E-state index contributed by atoms with van der Waals surface area (Å²) < 4.78 is 5.56. The lowest BCUT2D eigenvalue weighted by atomic mass is 10.0. The molecule has 1 atom stereocenters. The van der Waals surface area contributed by atoms with Gasteiger partial charge in [-0.2, -0.15) is 0 Å². The van der Waals surface area contributed by atoms with Crippen molar-refractivity contribution in [2.75, 3.05) is 17.2 Å². The molecule has 1 fully saturated rings. The van der Waals surface area contributed by atoms with Gasteiger partial charge in [-0.1, -0.05) is 30.3 Å². The van der Waals surface area contributed by atoms with Crippen LogP contribution < -0.4 is 20.7 Å². The maximum atomic E-state index is 12.8. The van der Waals surface area contributed by atoms with Crippen molar-refractivity contribution in [3.63, 3.8) is 0 Å². The maximum Gasteiger partial charge on any atom is 0.278 e. The molecule has 180 valence electrons. The van der Waals surface area contributed by atoms with Crippen LogP contribution in [-0.2, 0) is 19.2 Å². The van der Waals surface area contributed by atoms with E-state index in [-0.39, 0.29) is 18.2 Å². The van der Waals surface area contributed by atoms with Gasteiger partial charge in [-0.05, 0) is 49.6 Å². The first-order valence-corrected chi connectivity index (χ1v) is 11.2. The van der Waals surface area contributed by atoms with Crippen molar-refractivity contribution < 1.29 is 23.9 Å². The molecule has 3 N–H and O–H groups in total. The first-order chi connectivity index (χ1) is 16.7. The van der Waals surface area contributed by atoms with Crippen LogP contribution in [-0.4, -0.2) is 41.2 Å². The van der Waals surface area contributed by atoms with Gasteiger partial charge >= 0.3 is 0 Å². The minimum absolute atomic E-state index is 0.0401. The molecule has 0 aliphatic carbocycles. The Morgan fingerprint density at radius 1 is 1.20 bits per heavy atom. The molecule has 0 spiro atoms. The average molecular weight is 495 g/mol. The summed E-state index contributed by atoms with van der Waals surface area (Å²) in [6, 6.07) is 10.9. The summed E-state index contributed by atoms with van der Waals surface area (Å²) in [4.78, 5) is 50.7. The van der Waals surface area contributed by atoms with Gasteiger partial charge in [-0.25, -0.2) is 0 Å². The van der Waals surface area contributed by atoms with Gasteiger partial charge < -0.3 is 20.7 Å². The molecule has 1 unspecified atom stereocenters. The first kappa shape index (κ1) is 24.0. The van der Waals surface area contributed by atoms with E-state index in [1.165, 1.54) is 0 Å². The summed E-state index contributed by atoms with van der Waals surface area (Å²) in [6.45, 7) is 5.33. The number of ether oxygens (including phenoxy) is 1. The number of hydrogen-bond donors (Lipinski definition) is 3. The van der Waals surface area contributed by atoms with Crippen molar-refractivity contribution >= 4 is 46.6 Å². The number of allylic oxidation sites excluding steroid dienone is 1. The van der Waals surface area contributed by atoms with E-state index in [2.05, 4.69) is 22.5 Å². The Morgan fingerprint density at radius 2 is 2.00 bits per heavy atom. The Bertz CT molecular complexity index is 1270. The molecule has 35 heavy (non-hydrogen) atoms. The van der Waals surface area contributed by atoms with Crippen LogP contribution in [0.3, 0.4) is 0 Å². The minimum Gasteiger partial charge on any atom is -0.484 e. The summed E-state index contributed by atoms with van der Waals surface area (Å²) in [7, 11) is 0. The molecule has 2 aliphatic heterocycles. The van der Waals surface area contributed by atoms with Crippen LogP contribution in [0.4, 0.5) is 11.4 Å². The zero-order valence-electron chi connectivity index (χ0n) is 18.9. The highest BCUT2D eigenvalue weighted by Crippen LogP contribution is 2.26. The smallest absolute Gasteiger partial charge is 0.278 e. The molecule has 4 rings (SSSR count). The molecule has 10 heteroatoms. The number of anilines is 2. The molecule has 0 saturated carbocycles. The Kier molecular flexibility index (Phi) is 6.88. The minimum atomic E-state index is -0.882. The van der Waals surface area contributed by atoms with Gasteiger partial charge in [0.2, 0.25) is 5.91 Å². The zero-order chi connectivity index (χ0) is 25.1. The van der Waals surface area contributed by atoms with Crippen molar-refractivity contribution in [3.05, 3.63) is 77.1 Å². The standard InChI is InChI=1S/C25H23ClN4O5/c1-14-6-8-17(11-19(14)26)29-22(31)13-35-18-5-3-4-16(10-18)28-20-12-23(32)30(25(20)34)21-9-7-15(2)27-24(21)33/h3-6,8,10-12,21,28H,2,7,9,13H2,1H3,(H,27,33)(H,29,31). The number of halogens is 1. The van der Waals surface area contributed by atoms with E-state index < -0.39 is 23.8 Å². The fraction of sp³-hybridized carbons (Fsp3) is 0.200. The van der Waals surface area contributed by atoms with Crippen LogP contribution in [0.1, 0.15) is 18.4 Å². The highest BCUT2D eigenvalue weighted by Gasteiger charge is 2.41. The second kappa shape index (κ2) is 10.0. The number of amides is 4. The fourth-order valence-corrected chi connectivity index (χ4v) is 3.89. The van der Waals surface area contributed by atoms with Crippen LogP contribution >= 0.6 is 11.6 Å². The van der Waals surface area contributed by atoms with Gasteiger partial charge in [-0.3, -0.25) is 24.1 Å². The number of nitrogens with zero attached hydrogens (tertiary/aromatic N) is 1. The molecule has 4 amide bonds. The van der Waals surface area contributed by atoms with Gasteiger partial charge in [-0.15, -0.1) is 0 Å². The lowest BCUT2D eigenvalue weighted by Crippen LogP contribution is -2.52. The molecule has 2 aromatic rings. The fourth-order valence-electron chi connectivity index (χ4n) is 3.71. The van der Waals surface area contributed by atoms with E-state index in [0.717, 1.165) is 16.5 Å². The molecule has 2 heterocycles. The van der Waals surface area contributed by atoms with Crippen LogP contribution in [0.2, 0.25) is 5.02 Å². The number of carbonyl (C=O) groups excluding carboxylic acids is 4. The molecule has 1 saturated heterocycles. The Labute approximate surface area is 206 Å². The van der Waals surface area contributed by atoms with Gasteiger partial charge in [0.25, 0.3) is 17.7 Å². The van der Waals surface area contributed by atoms with E-state index in [4.69, 9.17) is 16.3 Å². The zero-order valence-corrected chi connectivity index (χ0v) is 19.6. The van der Waals surface area contributed by atoms with Crippen molar-refractivity contribution in [2.24, 2.45) is 0 Å². The third-order valence-electron chi connectivity index (χ3n) is 5.53. The molecule has 0 radical (unpaired) electrons. The van der Waals surface area contributed by atoms with Gasteiger partial charge in [0.05, 0.1) is 0 Å². The number of hydrogen-bond acceptors (Lipinski definition) is 6. The monoisotopic (exact) mass is 494 g/mol. The Balaban J connectivity index is 1.35. The largest absolute Gasteiger partial charge is 0.484 e. The van der Waals surface area contributed by atoms with Crippen molar-refractivity contribution in [3.8, 4) is 5.75 Å². The van der Waals surface area contributed by atoms with E-state index >= 15 is 0 Å². The molecule has 0 bridgehead atoms. The summed E-state index contributed by atoms with van der Waals surface area (Å²) in [5.41, 5.74) is 2.53. The SMILES string of the molecule is C=C1CCC(N2C(=O)C=C(Nc3cccc(OCC(=O)Nc4ccc(C)c(Cl)c4)c3)C2=O)C(=O)N1. The number of imide groups is 1. The van der Waals surface area contributed by atoms with E-state index in [1.807, 2.05) is 6.92 Å². The number of benzene rings is 2. The van der Waals surface area contributed by atoms with E-state index in [1.54, 1.807) is 42.5 Å². The van der Waals surface area contributed by atoms with Crippen LogP contribution in [0.5, 0.6) is 5.75 Å². The summed E-state index contributed by atoms with van der Waals surface area (Å²) in [5, 5.41) is 8.74. The van der Waals surface area contributed by atoms with E-state index in [9.17, 15) is 19.2 Å². The third kappa shape index (κ3) is 5.52. The number of aryl methyl sites for hydroxylation is 1. The van der Waals surface area contributed by atoms with Crippen molar-refractivity contribution in [1.82, 2.24) is 10.2 Å². The molecular weight excluding hydrogens is 472 g/mol. The van der Waals surface area contributed by atoms with E-state index in [0.29, 0.717) is 40.7 Å². The van der Waals surface area contributed by atoms with Crippen LogP contribution in [0.25, 0.3) is 0 Å². The molecule has 9 nitrogen and oxygen atoms in total. The predicted octanol–water partition coefficient (Wildman–Crippen LogP) is 3.12. The highest BCUT2D eigenvalue weighted by atomic mass is 35.5. The van der Waals surface area contributed by atoms with Gasteiger partial charge in [0.1, 0.15) is 17.5 Å². The summed E-state index contributed by atoms with van der Waals surface area (Å²) >= 11 is 6.08. The number of rotatable bonds is 7. The Hall–Kier alpha value is -4.11. The molecule has 0 aromatic heterocycles. The second-order valence-corrected chi connectivity index (χ2v) is 8.58. The molecule has 2 aliphatic rings. The summed E-state index contributed by atoms with van der Waals surface area (Å²) in [5.74, 6) is -1.58. The number of carbonyl (C=O) groups is 4. The van der Waals surface area contributed by atoms with Crippen molar-refractivity contribution in [1.29, 1.82) is 0 Å². The van der Waals surface area contributed by atoms with Crippen LogP contribution in [0.15, 0.2) is 66.5 Å². The highest BCUT2D eigenvalue weighted by molar-refractivity contribution is 6.31. The molecular formula is C25H23ClN4O5. The third-order valence-corrected chi connectivity index (χ3v) is 5.93. The second-order valence-electron chi connectivity index (χ2n) is 8.17. The normalized spacial score (nSPS) is 17.7. The first-order valence-electron chi connectivity index (χ1n) is 10.8. The number of nitrogens with one attached hydrogen (secondary N) is 3. The average Bonchev–Trinajstić information content (AvgIpc) is 3.08. The van der Waals surface area contributed by atoms with Crippen molar-refractivity contribution in [2.45, 2.75) is 25.8 Å². The van der Waals surface area contributed by atoms with Gasteiger partial charge in [0, 0.05) is 34.2 Å². The lowest BCUT2D eigenvalue weighted by molar-refractivity contribution is -0.146. The summed E-state index contributed by atoms with van der Waals surface area (Å²) in [6.07, 6.45) is 1.97.